The van der Waals surface area contributed by atoms with Gasteiger partial charge >= 0.3 is 0 Å². The van der Waals surface area contributed by atoms with Gasteiger partial charge < -0.3 is 0 Å². The van der Waals surface area contributed by atoms with E-state index in [1.807, 2.05) is 19.3 Å². The van der Waals surface area contributed by atoms with Gasteiger partial charge in [0, 0.05) is 26.1 Å². The van der Waals surface area contributed by atoms with Crippen molar-refractivity contribution in [2.24, 2.45) is 7.05 Å². The predicted octanol–water partition coefficient (Wildman–Crippen LogP) is 0.271. The zero-order chi connectivity index (χ0) is 7.40. The highest BCUT2D eigenvalue weighted by Gasteiger charge is 1.95. The Labute approximate surface area is 59.1 Å². The zero-order valence-electron chi connectivity index (χ0n) is 5.78. The molecule has 0 aliphatic heterocycles. The molecule has 52 valence electrons. The van der Waals surface area contributed by atoms with Crippen molar-refractivity contribution >= 4 is 0 Å². The Hall–Kier alpha value is -1.37. The summed E-state index contributed by atoms with van der Waals surface area (Å²) in [5, 5.41) is 15.8. The SMILES string of the molecule is Cn1cc(CCC#N)nn1. The molecule has 1 heterocycles. The first kappa shape index (κ1) is 6.75. The second-order valence-electron chi connectivity index (χ2n) is 2.04. The van der Waals surface area contributed by atoms with Crippen LogP contribution in [0.4, 0.5) is 0 Å². The van der Waals surface area contributed by atoms with Gasteiger partial charge in [-0.1, -0.05) is 5.21 Å². The van der Waals surface area contributed by atoms with E-state index in [0.29, 0.717) is 12.8 Å². The van der Waals surface area contributed by atoms with Crippen molar-refractivity contribution < 1.29 is 0 Å². The lowest BCUT2D eigenvalue weighted by molar-refractivity contribution is 0.713. The minimum Gasteiger partial charge on any atom is -0.255 e. The van der Waals surface area contributed by atoms with Crippen molar-refractivity contribution in [1.82, 2.24) is 15.0 Å². The first-order chi connectivity index (χ1) is 4.83. The molecule has 0 saturated carbocycles. The van der Waals surface area contributed by atoms with Crippen molar-refractivity contribution in [3.05, 3.63) is 11.9 Å². The molecule has 0 unspecified atom stereocenters. The Morgan fingerprint density at radius 2 is 2.60 bits per heavy atom. The van der Waals surface area contributed by atoms with Crippen LogP contribution in [0.25, 0.3) is 0 Å². The average Bonchev–Trinajstić information content (AvgIpc) is 2.31. The van der Waals surface area contributed by atoms with Gasteiger partial charge in [0.25, 0.3) is 0 Å². The van der Waals surface area contributed by atoms with Gasteiger partial charge in [0.1, 0.15) is 0 Å². The minimum atomic E-state index is 0.513. The van der Waals surface area contributed by atoms with Gasteiger partial charge in [0.05, 0.1) is 11.8 Å². The molecular formula is C6H8N4. The maximum absolute atomic E-state index is 8.23. The Balaban J connectivity index is 2.52. The van der Waals surface area contributed by atoms with Crippen LogP contribution in [0.15, 0.2) is 6.20 Å². The molecule has 10 heavy (non-hydrogen) atoms. The number of aryl methyl sites for hydroxylation is 2. The van der Waals surface area contributed by atoms with Gasteiger partial charge in [-0.2, -0.15) is 5.26 Å². The Morgan fingerprint density at radius 1 is 1.80 bits per heavy atom. The van der Waals surface area contributed by atoms with Gasteiger partial charge in [-0.15, -0.1) is 5.10 Å². The molecule has 0 saturated heterocycles. The van der Waals surface area contributed by atoms with Gasteiger partial charge in [0.2, 0.25) is 0 Å². The van der Waals surface area contributed by atoms with Crippen LogP contribution >= 0.6 is 0 Å². The van der Waals surface area contributed by atoms with E-state index in [2.05, 4.69) is 10.3 Å². The summed E-state index contributed by atoms with van der Waals surface area (Å²) in [6, 6.07) is 2.05. The number of nitrogens with zero attached hydrogens (tertiary/aromatic N) is 4. The smallest absolute Gasteiger partial charge is 0.0837 e. The summed E-state index contributed by atoms with van der Waals surface area (Å²) in [7, 11) is 1.81. The van der Waals surface area contributed by atoms with Gasteiger partial charge in [0.15, 0.2) is 0 Å². The first-order valence-corrected chi connectivity index (χ1v) is 3.05. The van der Waals surface area contributed by atoms with Crippen LogP contribution in [-0.2, 0) is 13.5 Å². The summed E-state index contributed by atoms with van der Waals surface area (Å²) < 4.78 is 1.63. The number of hydrogen-bond donors (Lipinski definition) is 0. The topological polar surface area (TPSA) is 54.5 Å². The second kappa shape index (κ2) is 2.97. The minimum absolute atomic E-state index is 0.513. The quantitative estimate of drug-likeness (QED) is 0.586. The molecular weight excluding hydrogens is 128 g/mol. The van der Waals surface area contributed by atoms with Crippen LogP contribution in [0, 0.1) is 11.3 Å². The third kappa shape index (κ3) is 1.55. The number of aromatic nitrogens is 3. The molecule has 1 aromatic rings. The molecule has 0 aliphatic rings. The molecule has 0 spiro atoms. The third-order valence-corrected chi connectivity index (χ3v) is 1.14. The highest BCUT2D eigenvalue weighted by molar-refractivity contribution is 4.94. The Kier molecular flexibility index (Phi) is 2.00. The summed E-state index contributed by atoms with van der Waals surface area (Å²) in [6.45, 7) is 0. The van der Waals surface area contributed by atoms with Crippen molar-refractivity contribution in [3.63, 3.8) is 0 Å². The van der Waals surface area contributed by atoms with E-state index in [1.165, 1.54) is 0 Å². The fourth-order valence-corrected chi connectivity index (χ4v) is 0.694. The summed E-state index contributed by atoms with van der Waals surface area (Å²) >= 11 is 0. The van der Waals surface area contributed by atoms with Crippen molar-refractivity contribution in [2.75, 3.05) is 0 Å². The first-order valence-electron chi connectivity index (χ1n) is 3.05. The summed E-state index contributed by atoms with van der Waals surface area (Å²) in [6.07, 6.45) is 3.03. The summed E-state index contributed by atoms with van der Waals surface area (Å²) in [4.78, 5) is 0. The van der Waals surface area contributed by atoms with Crippen LogP contribution in [-0.4, -0.2) is 15.0 Å². The normalized spacial score (nSPS) is 9.20. The van der Waals surface area contributed by atoms with E-state index in [-0.39, 0.29) is 0 Å². The molecule has 1 aromatic heterocycles. The van der Waals surface area contributed by atoms with Gasteiger partial charge in [-0.05, 0) is 0 Å². The van der Waals surface area contributed by atoms with Crippen LogP contribution in [0.5, 0.6) is 0 Å². The summed E-state index contributed by atoms with van der Waals surface area (Å²) in [5.41, 5.74) is 0.879. The standard InChI is InChI=1S/C6H8N4/c1-10-5-6(8-9-10)3-2-4-7/h5H,2-3H2,1H3. The van der Waals surface area contributed by atoms with Gasteiger partial charge in [-0.25, -0.2) is 0 Å². The molecule has 0 aromatic carbocycles. The van der Waals surface area contributed by atoms with Crippen molar-refractivity contribution in [1.29, 1.82) is 5.26 Å². The van der Waals surface area contributed by atoms with Crippen LogP contribution in [0.1, 0.15) is 12.1 Å². The van der Waals surface area contributed by atoms with Crippen LogP contribution in [0.2, 0.25) is 0 Å². The lowest BCUT2D eigenvalue weighted by Crippen LogP contribution is -1.85. The lowest BCUT2D eigenvalue weighted by Gasteiger charge is -1.82. The maximum atomic E-state index is 8.23. The number of hydrogen-bond acceptors (Lipinski definition) is 3. The van der Waals surface area contributed by atoms with Crippen molar-refractivity contribution in [2.45, 2.75) is 12.8 Å². The monoisotopic (exact) mass is 136 g/mol. The third-order valence-electron chi connectivity index (χ3n) is 1.14. The molecule has 0 bridgehead atoms. The molecule has 1 rings (SSSR count). The van der Waals surface area contributed by atoms with E-state index in [0.717, 1.165) is 5.69 Å². The van der Waals surface area contributed by atoms with E-state index in [4.69, 9.17) is 5.26 Å². The number of rotatable bonds is 2. The Bertz CT molecular complexity index is 244. The largest absolute Gasteiger partial charge is 0.255 e. The van der Waals surface area contributed by atoms with E-state index in [9.17, 15) is 0 Å². The van der Waals surface area contributed by atoms with Gasteiger partial charge in [-0.3, -0.25) is 4.68 Å². The van der Waals surface area contributed by atoms with Crippen LogP contribution in [0.3, 0.4) is 0 Å². The average molecular weight is 136 g/mol. The molecule has 0 N–H and O–H groups in total. The lowest BCUT2D eigenvalue weighted by atomic mass is 10.3. The number of nitriles is 1. The van der Waals surface area contributed by atoms with E-state index >= 15 is 0 Å². The summed E-state index contributed by atoms with van der Waals surface area (Å²) in [5.74, 6) is 0. The molecule has 4 heteroatoms. The highest BCUT2D eigenvalue weighted by atomic mass is 15.4. The van der Waals surface area contributed by atoms with E-state index in [1.54, 1.807) is 4.68 Å². The highest BCUT2D eigenvalue weighted by Crippen LogP contribution is 1.94. The van der Waals surface area contributed by atoms with E-state index < -0.39 is 0 Å². The van der Waals surface area contributed by atoms with Crippen molar-refractivity contribution in [3.8, 4) is 6.07 Å². The molecule has 0 aliphatic carbocycles. The van der Waals surface area contributed by atoms with Crippen LogP contribution < -0.4 is 0 Å². The Morgan fingerprint density at radius 3 is 3.10 bits per heavy atom. The molecule has 4 nitrogen and oxygen atoms in total. The molecule has 0 amide bonds. The second-order valence-corrected chi connectivity index (χ2v) is 2.04. The molecule has 0 radical (unpaired) electrons. The predicted molar refractivity (Wildman–Crippen MR) is 34.9 cm³/mol. The fraction of sp³-hybridized carbons (Fsp3) is 0.500. The fourth-order valence-electron chi connectivity index (χ4n) is 0.694. The molecule has 0 fully saturated rings. The zero-order valence-corrected chi connectivity index (χ0v) is 5.78. The molecule has 0 atom stereocenters. The maximum Gasteiger partial charge on any atom is 0.0837 e.